The lowest BCUT2D eigenvalue weighted by molar-refractivity contribution is -0.118. The van der Waals surface area contributed by atoms with E-state index in [1.54, 1.807) is 24.3 Å². The van der Waals surface area contributed by atoms with Gasteiger partial charge in [-0.15, -0.1) is 0 Å². The molecule has 1 amide bonds. The number of rotatable bonds is 3. The lowest BCUT2D eigenvalue weighted by Gasteiger charge is -2.22. The Morgan fingerprint density at radius 3 is 2.65 bits per heavy atom. The van der Waals surface area contributed by atoms with Crippen molar-refractivity contribution < 1.29 is 17.9 Å². The third-order valence-corrected chi connectivity index (χ3v) is 4.76. The molecule has 3 rings (SSSR count). The number of anilines is 2. The molecule has 1 aliphatic heterocycles. The summed E-state index contributed by atoms with van der Waals surface area (Å²) in [4.78, 5) is 11.6. The van der Waals surface area contributed by atoms with Crippen LogP contribution in [0.25, 0.3) is 0 Å². The van der Waals surface area contributed by atoms with Crippen LogP contribution in [0.4, 0.5) is 11.4 Å². The van der Waals surface area contributed by atoms with Crippen molar-refractivity contribution in [2.45, 2.75) is 18.7 Å². The highest BCUT2D eigenvalue weighted by Crippen LogP contribution is 2.38. The molecule has 6 nitrogen and oxygen atoms in total. The summed E-state index contributed by atoms with van der Waals surface area (Å²) in [5.41, 5.74) is 2.42. The Kier molecular flexibility index (Phi) is 3.73. The van der Waals surface area contributed by atoms with Crippen LogP contribution in [-0.2, 0) is 14.8 Å². The van der Waals surface area contributed by atoms with E-state index in [2.05, 4.69) is 10.0 Å². The molecular weight excluding hydrogens is 316 g/mol. The van der Waals surface area contributed by atoms with E-state index in [-0.39, 0.29) is 17.4 Å². The van der Waals surface area contributed by atoms with Gasteiger partial charge in [0, 0.05) is 0 Å². The van der Waals surface area contributed by atoms with Crippen LogP contribution in [0.1, 0.15) is 11.1 Å². The van der Waals surface area contributed by atoms with Gasteiger partial charge >= 0.3 is 0 Å². The molecule has 0 aliphatic carbocycles. The van der Waals surface area contributed by atoms with Crippen LogP contribution in [0.5, 0.6) is 5.75 Å². The quantitative estimate of drug-likeness (QED) is 0.904. The van der Waals surface area contributed by atoms with Crippen LogP contribution in [0.3, 0.4) is 0 Å². The topological polar surface area (TPSA) is 84.5 Å². The van der Waals surface area contributed by atoms with E-state index in [9.17, 15) is 13.2 Å². The average molecular weight is 332 g/mol. The second-order valence-electron chi connectivity index (χ2n) is 5.45. The Labute approximate surface area is 134 Å². The molecule has 0 radical (unpaired) electrons. The van der Waals surface area contributed by atoms with Gasteiger partial charge in [-0.1, -0.05) is 12.1 Å². The second kappa shape index (κ2) is 5.58. The van der Waals surface area contributed by atoms with Crippen molar-refractivity contribution in [1.29, 1.82) is 0 Å². The molecule has 23 heavy (non-hydrogen) atoms. The van der Waals surface area contributed by atoms with Crippen molar-refractivity contribution in [2.75, 3.05) is 16.6 Å². The summed E-state index contributed by atoms with van der Waals surface area (Å²) in [6, 6.07) is 10.0. The number of amides is 1. The fourth-order valence-electron chi connectivity index (χ4n) is 2.41. The highest BCUT2D eigenvalue weighted by Gasteiger charge is 2.23. The van der Waals surface area contributed by atoms with E-state index in [1.807, 2.05) is 19.9 Å². The maximum atomic E-state index is 12.6. The molecule has 0 saturated carbocycles. The highest BCUT2D eigenvalue weighted by atomic mass is 32.2. The number of hydrogen-bond acceptors (Lipinski definition) is 4. The zero-order valence-electron chi connectivity index (χ0n) is 12.7. The summed E-state index contributed by atoms with van der Waals surface area (Å²) in [7, 11) is -3.74. The molecule has 7 heteroatoms. The van der Waals surface area contributed by atoms with Gasteiger partial charge in [-0.05, 0) is 49.2 Å². The van der Waals surface area contributed by atoms with E-state index in [4.69, 9.17) is 4.74 Å². The SMILES string of the molecule is Cc1cccc(S(=O)(=O)Nc2cc(C)cc3c2OCC(=O)N3)c1. The molecule has 0 spiro atoms. The Bertz CT molecular complexity index is 891. The van der Waals surface area contributed by atoms with Crippen LogP contribution < -0.4 is 14.8 Å². The summed E-state index contributed by atoms with van der Waals surface area (Å²) in [6.07, 6.45) is 0. The molecule has 120 valence electrons. The maximum absolute atomic E-state index is 12.6. The number of carbonyl (C=O) groups is 1. The number of fused-ring (bicyclic) bond motifs is 1. The summed E-state index contributed by atoms with van der Waals surface area (Å²) in [5, 5.41) is 2.68. The first kappa shape index (κ1) is 15.4. The summed E-state index contributed by atoms with van der Waals surface area (Å²) in [5.74, 6) is 0.0574. The van der Waals surface area contributed by atoms with Crippen molar-refractivity contribution in [3.05, 3.63) is 47.5 Å². The van der Waals surface area contributed by atoms with Crippen molar-refractivity contribution >= 4 is 27.3 Å². The van der Waals surface area contributed by atoms with Crippen LogP contribution in [-0.4, -0.2) is 20.9 Å². The van der Waals surface area contributed by atoms with Gasteiger partial charge in [0.2, 0.25) is 0 Å². The van der Waals surface area contributed by atoms with Gasteiger partial charge in [0.15, 0.2) is 12.4 Å². The van der Waals surface area contributed by atoms with Gasteiger partial charge in [-0.2, -0.15) is 0 Å². The Hall–Kier alpha value is -2.54. The first-order chi connectivity index (χ1) is 10.8. The van der Waals surface area contributed by atoms with E-state index in [0.29, 0.717) is 17.1 Å². The van der Waals surface area contributed by atoms with Crippen LogP contribution in [0.2, 0.25) is 0 Å². The third-order valence-electron chi connectivity index (χ3n) is 3.40. The molecule has 2 aromatic rings. The lowest BCUT2D eigenvalue weighted by Crippen LogP contribution is -2.26. The van der Waals surface area contributed by atoms with E-state index >= 15 is 0 Å². The summed E-state index contributed by atoms with van der Waals surface area (Å²) >= 11 is 0. The molecule has 1 aliphatic rings. The molecule has 0 fully saturated rings. The van der Waals surface area contributed by atoms with Crippen LogP contribution in [0, 0.1) is 13.8 Å². The molecule has 0 aromatic heterocycles. The first-order valence-corrected chi connectivity index (χ1v) is 8.50. The van der Waals surface area contributed by atoms with Gasteiger partial charge in [0.25, 0.3) is 15.9 Å². The van der Waals surface area contributed by atoms with Gasteiger partial charge in [-0.25, -0.2) is 8.42 Å². The fourth-order valence-corrected chi connectivity index (χ4v) is 3.57. The van der Waals surface area contributed by atoms with E-state index < -0.39 is 10.0 Å². The first-order valence-electron chi connectivity index (χ1n) is 7.02. The number of carbonyl (C=O) groups excluding carboxylic acids is 1. The third kappa shape index (κ3) is 3.14. The molecule has 2 N–H and O–H groups in total. The smallest absolute Gasteiger partial charge is 0.262 e. The zero-order valence-corrected chi connectivity index (χ0v) is 13.5. The van der Waals surface area contributed by atoms with Crippen molar-refractivity contribution in [3.8, 4) is 5.75 Å². The predicted octanol–water partition coefficient (Wildman–Crippen LogP) is 2.44. The molecule has 0 atom stereocenters. The second-order valence-corrected chi connectivity index (χ2v) is 7.13. The molecular formula is C16H16N2O4S. The number of hydrogen-bond donors (Lipinski definition) is 2. The number of sulfonamides is 1. The van der Waals surface area contributed by atoms with Gasteiger partial charge < -0.3 is 10.1 Å². The van der Waals surface area contributed by atoms with Crippen molar-refractivity contribution in [2.24, 2.45) is 0 Å². The molecule has 0 bridgehead atoms. The van der Waals surface area contributed by atoms with Gasteiger partial charge in [0.05, 0.1) is 16.3 Å². The molecule has 1 heterocycles. The normalized spacial score (nSPS) is 13.7. The predicted molar refractivity (Wildman–Crippen MR) is 87.3 cm³/mol. The minimum Gasteiger partial charge on any atom is -0.479 e. The maximum Gasteiger partial charge on any atom is 0.262 e. The molecule has 0 saturated heterocycles. The minimum atomic E-state index is -3.74. The number of nitrogens with one attached hydrogen (secondary N) is 2. The minimum absolute atomic E-state index is 0.144. The monoisotopic (exact) mass is 332 g/mol. The Morgan fingerprint density at radius 1 is 1.13 bits per heavy atom. The lowest BCUT2D eigenvalue weighted by atomic mass is 10.1. The number of ether oxygens (including phenoxy) is 1. The average Bonchev–Trinajstić information content (AvgIpc) is 2.46. The Balaban J connectivity index is 2.02. The highest BCUT2D eigenvalue weighted by molar-refractivity contribution is 7.92. The number of benzene rings is 2. The van der Waals surface area contributed by atoms with Crippen molar-refractivity contribution in [1.82, 2.24) is 0 Å². The van der Waals surface area contributed by atoms with Crippen LogP contribution in [0.15, 0.2) is 41.3 Å². The van der Waals surface area contributed by atoms with E-state index in [0.717, 1.165) is 11.1 Å². The molecule has 2 aromatic carbocycles. The largest absolute Gasteiger partial charge is 0.479 e. The summed E-state index contributed by atoms with van der Waals surface area (Å²) < 4.78 is 33.1. The zero-order chi connectivity index (χ0) is 16.6. The van der Waals surface area contributed by atoms with Crippen LogP contribution >= 0.6 is 0 Å². The summed E-state index contributed by atoms with van der Waals surface area (Å²) in [6.45, 7) is 3.49. The van der Waals surface area contributed by atoms with E-state index in [1.165, 1.54) is 6.07 Å². The molecule has 0 unspecified atom stereocenters. The number of aryl methyl sites for hydroxylation is 2. The van der Waals surface area contributed by atoms with Gasteiger partial charge in [0.1, 0.15) is 0 Å². The Morgan fingerprint density at radius 2 is 1.91 bits per heavy atom. The van der Waals surface area contributed by atoms with Gasteiger partial charge in [-0.3, -0.25) is 9.52 Å². The van der Waals surface area contributed by atoms with Crippen molar-refractivity contribution in [3.63, 3.8) is 0 Å². The standard InChI is InChI=1S/C16H16N2O4S/c1-10-4-3-5-12(6-10)23(20,21)18-14-8-11(2)7-13-16(14)22-9-15(19)17-13/h3-8,18H,9H2,1-2H3,(H,17,19). The fraction of sp³-hybridized carbons (Fsp3) is 0.188.